The van der Waals surface area contributed by atoms with Gasteiger partial charge in [0.15, 0.2) is 5.78 Å². The van der Waals surface area contributed by atoms with Crippen molar-refractivity contribution in [3.63, 3.8) is 0 Å². The smallest absolute Gasteiger partial charge is 0.326 e. The van der Waals surface area contributed by atoms with Crippen molar-refractivity contribution in [2.24, 2.45) is 0 Å². The van der Waals surface area contributed by atoms with E-state index in [-0.39, 0.29) is 12.3 Å². The van der Waals surface area contributed by atoms with Gasteiger partial charge in [0.05, 0.1) is 23.1 Å². The molecule has 8 nitrogen and oxygen atoms in total. The van der Waals surface area contributed by atoms with Crippen LogP contribution in [0.1, 0.15) is 43.6 Å². The van der Waals surface area contributed by atoms with E-state index in [0.29, 0.717) is 34.4 Å². The molecule has 0 aliphatic rings. The van der Waals surface area contributed by atoms with Crippen LogP contribution < -0.4 is 10.0 Å². The number of carbonyl (C=O) groups excluding carboxylic acids is 2. The Labute approximate surface area is 194 Å². The van der Waals surface area contributed by atoms with Crippen molar-refractivity contribution < 1.29 is 22.7 Å². The molecule has 1 aromatic heterocycles. The monoisotopic (exact) mass is 471 g/mol. The Kier molecular flexibility index (Phi) is 6.83. The summed E-state index contributed by atoms with van der Waals surface area (Å²) in [5, 5.41) is 3.80. The number of nitrogens with one attached hydrogen (secondary N) is 2. The Hall–Kier alpha value is -3.33. The van der Waals surface area contributed by atoms with Crippen LogP contribution in [0.5, 0.6) is 0 Å². The fourth-order valence-corrected chi connectivity index (χ4v) is 4.05. The van der Waals surface area contributed by atoms with Crippen molar-refractivity contribution in [2.75, 3.05) is 16.3 Å². The number of nitrogens with zero attached hydrogens (tertiary/aromatic N) is 1. The van der Waals surface area contributed by atoms with Gasteiger partial charge in [-0.1, -0.05) is 30.3 Å². The summed E-state index contributed by atoms with van der Waals surface area (Å²) < 4.78 is 33.6. The van der Waals surface area contributed by atoms with Crippen molar-refractivity contribution >= 4 is 44.1 Å². The van der Waals surface area contributed by atoms with Gasteiger partial charge in [-0.05, 0) is 45.4 Å². The number of aromatic nitrogens is 1. The molecule has 3 aromatic rings. The third-order valence-corrected chi connectivity index (χ3v) is 5.33. The molecule has 0 amide bonds. The molecular weight excluding hydrogens is 442 g/mol. The molecule has 1 heterocycles. The minimum Gasteiger partial charge on any atom is -0.459 e. The lowest BCUT2D eigenvalue weighted by Crippen LogP contribution is -2.26. The number of carbonyl (C=O) groups is 2. The van der Waals surface area contributed by atoms with E-state index in [0.717, 1.165) is 11.8 Å². The van der Waals surface area contributed by atoms with Crippen LogP contribution in [-0.2, 0) is 32.6 Å². The zero-order valence-electron chi connectivity index (χ0n) is 19.4. The summed E-state index contributed by atoms with van der Waals surface area (Å²) in [4.78, 5) is 24.8. The largest absolute Gasteiger partial charge is 0.459 e. The van der Waals surface area contributed by atoms with Crippen LogP contribution in [0.25, 0.3) is 10.9 Å². The summed E-state index contributed by atoms with van der Waals surface area (Å²) in [6.45, 7) is 7.16. The normalized spacial score (nSPS) is 11.9. The number of benzene rings is 2. The highest BCUT2D eigenvalue weighted by Gasteiger charge is 2.21. The minimum atomic E-state index is -3.57. The first-order chi connectivity index (χ1) is 15.3. The number of ketones is 1. The molecule has 2 N–H and O–H groups in total. The van der Waals surface area contributed by atoms with Crippen LogP contribution in [0.2, 0.25) is 0 Å². The second kappa shape index (κ2) is 9.27. The van der Waals surface area contributed by atoms with Gasteiger partial charge in [0, 0.05) is 23.7 Å². The van der Waals surface area contributed by atoms with Crippen LogP contribution in [0, 0.1) is 0 Å². The number of esters is 1. The van der Waals surface area contributed by atoms with Gasteiger partial charge in [-0.3, -0.25) is 14.3 Å². The molecule has 0 radical (unpaired) electrons. The molecular formula is C24H29N3O5S. The molecule has 9 heteroatoms. The van der Waals surface area contributed by atoms with E-state index < -0.39 is 21.6 Å². The van der Waals surface area contributed by atoms with Crippen LogP contribution in [0.4, 0.5) is 11.4 Å². The van der Waals surface area contributed by atoms with E-state index >= 15 is 0 Å². The molecule has 0 saturated carbocycles. The second-order valence-corrected chi connectivity index (χ2v) is 10.7. The molecule has 2 aromatic carbocycles. The average Bonchev–Trinajstić information content (AvgIpc) is 3.01. The van der Waals surface area contributed by atoms with Gasteiger partial charge in [-0.2, -0.15) is 0 Å². The van der Waals surface area contributed by atoms with Crippen LogP contribution >= 0.6 is 0 Å². The number of sulfonamides is 1. The quantitative estimate of drug-likeness (QED) is 0.377. The highest BCUT2D eigenvalue weighted by molar-refractivity contribution is 7.92. The maximum Gasteiger partial charge on any atom is 0.326 e. The van der Waals surface area contributed by atoms with E-state index in [1.165, 1.54) is 6.92 Å². The molecule has 0 atom stereocenters. The maximum atomic E-state index is 12.5. The van der Waals surface area contributed by atoms with Gasteiger partial charge in [0.25, 0.3) is 0 Å². The first kappa shape index (κ1) is 24.3. The molecule has 0 bridgehead atoms. The average molecular weight is 472 g/mol. The summed E-state index contributed by atoms with van der Waals surface area (Å²) in [5.74, 6) is -0.634. The zero-order chi connectivity index (χ0) is 24.4. The van der Waals surface area contributed by atoms with E-state index in [9.17, 15) is 18.0 Å². The fraction of sp³-hybridized carbons (Fsp3) is 0.333. The number of fused-ring (bicyclic) bond motifs is 1. The summed E-state index contributed by atoms with van der Waals surface area (Å²) >= 11 is 0. The number of Topliss-reactive ketones (excluding diaryl/α,β-unsaturated/α-hetero) is 1. The molecule has 0 fully saturated rings. The van der Waals surface area contributed by atoms with Crippen molar-refractivity contribution in [3.05, 3.63) is 59.8 Å². The Balaban J connectivity index is 2.09. The summed E-state index contributed by atoms with van der Waals surface area (Å²) in [7, 11) is -3.57. The van der Waals surface area contributed by atoms with E-state index in [2.05, 4.69) is 10.0 Å². The summed E-state index contributed by atoms with van der Waals surface area (Å²) in [5.41, 5.74) is 2.21. The topological polar surface area (TPSA) is 106 Å². The van der Waals surface area contributed by atoms with Crippen LogP contribution in [-0.4, -0.2) is 36.6 Å². The Morgan fingerprint density at radius 2 is 1.73 bits per heavy atom. The van der Waals surface area contributed by atoms with Crippen molar-refractivity contribution in [1.29, 1.82) is 0 Å². The van der Waals surface area contributed by atoms with Gasteiger partial charge in [-0.15, -0.1) is 0 Å². The first-order valence-electron chi connectivity index (χ1n) is 10.5. The lowest BCUT2D eigenvalue weighted by Gasteiger charge is -2.20. The minimum absolute atomic E-state index is 0.0853. The second-order valence-electron chi connectivity index (χ2n) is 8.94. The lowest BCUT2D eigenvalue weighted by atomic mass is 10.1. The molecule has 3 rings (SSSR count). The van der Waals surface area contributed by atoms with Gasteiger partial charge in [0.1, 0.15) is 12.1 Å². The third-order valence-electron chi connectivity index (χ3n) is 4.74. The Morgan fingerprint density at radius 3 is 2.30 bits per heavy atom. The lowest BCUT2D eigenvalue weighted by molar-refractivity contribution is -0.155. The number of hydrogen-bond donors (Lipinski definition) is 2. The molecule has 0 aliphatic carbocycles. The fourth-order valence-electron chi connectivity index (χ4n) is 3.48. The molecule has 0 unspecified atom stereocenters. The number of rotatable bonds is 8. The predicted octanol–water partition coefficient (Wildman–Crippen LogP) is 4.17. The van der Waals surface area contributed by atoms with E-state index in [4.69, 9.17) is 4.74 Å². The van der Waals surface area contributed by atoms with Crippen molar-refractivity contribution in [1.82, 2.24) is 4.57 Å². The SMILES string of the molecule is CC(=O)c1cn(CC(=O)OC(C)(C)C)c2cc(NCc3ccccc3)c(NS(C)(=O)=O)cc12. The summed E-state index contributed by atoms with van der Waals surface area (Å²) in [6, 6.07) is 13.0. The predicted molar refractivity (Wildman–Crippen MR) is 130 cm³/mol. The van der Waals surface area contributed by atoms with Crippen LogP contribution in [0.3, 0.4) is 0 Å². The van der Waals surface area contributed by atoms with E-state index in [1.807, 2.05) is 30.3 Å². The van der Waals surface area contributed by atoms with E-state index in [1.54, 1.807) is 43.7 Å². The standard InChI is InChI=1S/C24H29N3O5S/c1-16(28)19-14-27(15-23(29)32-24(2,3)4)22-12-20(25-13-17-9-7-6-8-10-17)21(11-18(19)22)26-33(5,30)31/h6-12,14,25-26H,13,15H2,1-5H3. The molecule has 0 spiro atoms. The van der Waals surface area contributed by atoms with Gasteiger partial charge < -0.3 is 14.6 Å². The van der Waals surface area contributed by atoms with Gasteiger partial charge in [0.2, 0.25) is 10.0 Å². The zero-order valence-corrected chi connectivity index (χ0v) is 20.2. The summed E-state index contributed by atoms with van der Waals surface area (Å²) in [6.07, 6.45) is 2.67. The van der Waals surface area contributed by atoms with Crippen molar-refractivity contribution in [2.45, 2.75) is 46.4 Å². The molecule has 0 aliphatic heterocycles. The van der Waals surface area contributed by atoms with Crippen molar-refractivity contribution in [3.8, 4) is 0 Å². The number of hydrogen-bond acceptors (Lipinski definition) is 6. The first-order valence-corrected chi connectivity index (χ1v) is 12.4. The van der Waals surface area contributed by atoms with Crippen LogP contribution in [0.15, 0.2) is 48.7 Å². The number of anilines is 2. The van der Waals surface area contributed by atoms with Gasteiger partial charge >= 0.3 is 5.97 Å². The maximum absolute atomic E-state index is 12.5. The highest BCUT2D eigenvalue weighted by Crippen LogP contribution is 2.33. The highest BCUT2D eigenvalue weighted by atomic mass is 32.2. The molecule has 176 valence electrons. The Bertz CT molecular complexity index is 1290. The molecule has 0 saturated heterocycles. The molecule has 33 heavy (non-hydrogen) atoms. The Morgan fingerprint density at radius 1 is 1.06 bits per heavy atom. The van der Waals surface area contributed by atoms with Gasteiger partial charge in [-0.25, -0.2) is 8.42 Å². The number of ether oxygens (including phenoxy) is 1. The third kappa shape index (κ3) is 6.58.